The molecular formula is C11H13ClN2O4. The summed E-state index contributed by atoms with van der Waals surface area (Å²) in [6.07, 6.45) is 0.625. The minimum Gasteiger partial charge on any atom is -0.465 e. The van der Waals surface area contributed by atoms with Crippen LogP contribution in [0, 0.1) is 10.1 Å². The number of hydrogen-bond acceptors (Lipinski definition) is 5. The Morgan fingerprint density at radius 1 is 1.50 bits per heavy atom. The second-order valence-corrected chi connectivity index (χ2v) is 3.97. The molecule has 1 aromatic rings. The third kappa shape index (κ3) is 4.21. The third-order valence-electron chi connectivity index (χ3n) is 2.18. The molecule has 7 heteroatoms. The number of nitrogens with zero attached hydrogens (tertiary/aromatic N) is 1. The molecule has 0 aliphatic rings. The Kier molecular flexibility index (Phi) is 5.38. The van der Waals surface area contributed by atoms with Crippen LogP contribution in [0.4, 0.5) is 11.4 Å². The average molecular weight is 273 g/mol. The molecule has 1 rings (SSSR count). The van der Waals surface area contributed by atoms with Crippen molar-refractivity contribution in [3.8, 4) is 0 Å². The summed E-state index contributed by atoms with van der Waals surface area (Å²) in [5, 5.41) is 10.6. The van der Waals surface area contributed by atoms with Crippen molar-refractivity contribution in [1.29, 1.82) is 0 Å². The predicted octanol–water partition coefficient (Wildman–Crippen LogP) is 1.89. The zero-order valence-electron chi connectivity index (χ0n) is 9.60. The normalized spacial score (nSPS) is 10.1. The van der Waals surface area contributed by atoms with Crippen LogP contribution in [-0.4, -0.2) is 23.4 Å². The van der Waals surface area contributed by atoms with Crippen molar-refractivity contribution < 1.29 is 14.5 Å². The highest BCUT2D eigenvalue weighted by Crippen LogP contribution is 2.22. The summed E-state index contributed by atoms with van der Waals surface area (Å²) in [4.78, 5) is 21.4. The van der Waals surface area contributed by atoms with Gasteiger partial charge in [0.05, 0.1) is 18.0 Å². The molecule has 0 amide bonds. The van der Waals surface area contributed by atoms with Crippen LogP contribution in [0.2, 0.25) is 0 Å². The molecule has 0 fully saturated rings. The first-order chi connectivity index (χ1) is 8.54. The quantitative estimate of drug-likeness (QED) is 0.213. The molecule has 2 N–H and O–H groups in total. The maximum atomic E-state index is 11.4. The van der Waals surface area contributed by atoms with Crippen molar-refractivity contribution >= 4 is 28.9 Å². The largest absolute Gasteiger partial charge is 0.465 e. The molecule has 0 aliphatic carbocycles. The van der Waals surface area contributed by atoms with Gasteiger partial charge in [0.2, 0.25) is 0 Å². The molecule has 0 atom stereocenters. The van der Waals surface area contributed by atoms with Gasteiger partial charge in [-0.3, -0.25) is 14.9 Å². The Morgan fingerprint density at radius 2 is 2.22 bits per heavy atom. The third-order valence-corrected chi connectivity index (χ3v) is 2.45. The molecule has 0 spiro atoms. The van der Waals surface area contributed by atoms with E-state index >= 15 is 0 Å². The molecular weight excluding hydrogens is 260 g/mol. The number of anilines is 1. The van der Waals surface area contributed by atoms with Gasteiger partial charge in [-0.25, -0.2) is 0 Å². The minimum atomic E-state index is -0.572. The van der Waals surface area contributed by atoms with Gasteiger partial charge in [-0.15, -0.1) is 11.6 Å². The number of carbonyl (C=O) groups is 1. The molecule has 0 heterocycles. The van der Waals surface area contributed by atoms with E-state index in [-0.39, 0.29) is 24.4 Å². The van der Waals surface area contributed by atoms with Gasteiger partial charge in [-0.2, -0.15) is 0 Å². The molecule has 0 saturated heterocycles. The number of benzene rings is 1. The fraction of sp³-hybridized carbons (Fsp3) is 0.364. The van der Waals surface area contributed by atoms with Crippen LogP contribution in [0.5, 0.6) is 0 Å². The number of nitro benzene ring substituents is 1. The van der Waals surface area contributed by atoms with Crippen molar-refractivity contribution in [2.24, 2.45) is 0 Å². The van der Waals surface area contributed by atoms with E-state index in [9.17, 15) is 14.9 Å². The summed E-state index contributed by atoms with van der Waals surface area (Å²) < 4.78 is 4.91. The molecule has 0 saturated carbocycles. The highest BCUT2D eigenvalue weighted by molar-refractivity contribution is 6.17. The van der Waals surface area contributed by atoms with E-state index < -0.39 is 10.9 Å². The SMILES string of the molecule is Nc1cc(CC(=O)OCCCCl)ccc1[N+](=O)[O-]. The second kappa shape index (κ2) is 6.80. The lowest BCUT2D eigenvalue weighted by molar-refractivity contribution is -0.383. The number of alkyl halides is 1. The van der Waals surface area contributed by atoms with Crippen molar-refractivity contribution in [2.45, 2.75) is 12.8 Å². The number of halogens is 1. The summed E-state index contributed by atoms with van der Waals surface area (Å²) in [7, 11) is 0. The summed E-state index contributed by atoms with van der Waals surface area (Å²) in [6.45, 7) is 0.269. The van der Waals surface area contributed by atoms with E-state index in [1.807, 2.05) is 0 Å². The van der Waals surface area contributed by atoms with Crippen molar-refractivity contribution in [3.63, 3.8) is 0 Å². The topological polar surface area (TPSA) is 95.5 Å². The van der Waals surface area contributed by atoms with E-state index in [1.165, 1.54) is 18.2 Å². The number of nitrogens with two attached hydrogens (primary N) is 1. The van der Waals surface area contributed by atoms with Gasteiger partial charge in [0.15, 0.2) is 0 Å². The molecule has 0 bridgehead atoms. The molecule has 0 aliphatic heterocycles. The standard InChI is InChI=1S/C11H13ClN2O4/c12-4-1-5-18-11(15)7-8-2-3-10(14(16)17)9(13)6-8/h2-3,6H,1,4-5,7,13H2. The van der Waals surface area contributed by atoms with Gasteiger partial charge in [0.25, 0.3) is 5.69 Å². The van der Waals surface area contributed by atoms with Crippen molar-refractivity contribution in [3.05, 3.63) is 33.9 Å². The van der Waals surface area contributed by atoms with E-state index in [1.54, 1.807) is 0 Å². The Hall–Kier alpha value is -1.82. The monoisotopic (exact) mass is 272 g/mol. The van der Waals surface area contributed by atoms with Crippen molar-refractivity contribution in [2.75, 3.05) is 18.2 Å². The van der Waals surface area contributed by atoms with Crippen LogP contribution in [0.25, 0.3) is 0 Å². The maximum absolute atomic E-state index is 11.4. The Morgan fingerprint density at radius 3 is 2.78 bits per heavy atom. The van der Waals surface area contributed by atoms with Crippen molar-refractivity contribution in [1.82, 2.24) is 0 Å². The molecule has 0 radical (unpaired) electrons. The zero-order chi connectivity index (χ0) is 13.5. The van der Waals surface area contributed by atoms with Crippen LogP contribution < -0.4 is 5.73 Å². The Balaban J connectivity index is 2.60. The predicted molar refractivity (Wildman–Crippen MR) is 67.5 cm³/mol. The molecule has 0 unspecified atom stereocenters. The first-order valence-corrected chi connectivity index (χ1v) is 5.82. The molecule has 0 aromatic heterocycles. The number of esters is 1. The van der Waals surface area contributed by atoms with Gasteiger partial charge in [0, 0.05) is 11.9 Å². The van der Waals surface area contributed by atoms with E-state index in [0.29, 0.717) is 17.9 Å². The molecule has 1 aromatic carbocycles. The fourth-order valence-electron chi connectivity index (χ4n) is 1.34. The summed E-state index contributed by atoms with van der Waals surface area (Å²) in [5.41, 5.74) is 5.95. The van der Waals surface area contributed by atoms with Crippen LogP contribution in [-0.2, 0) is 16.0 Å². The summed E-state index contributed by atoms with van der Waals surface area (Å²) in [6, 6.07) is 4.16. The number of carbonyl (C=O) groups excluding carboxylic acids is 1. The number of rotatable bonds is 6. The highest BCUT2D eigenvalue weighted by atomic mass is 35.5. The lowest BCUT2D eigenvalue weighted by atomic mass is 10.1. The minimum absolute atomic E-state index is 0.0322. The maximum Gasteiger partial charge on any atom is 0.310 e. The Bertz CT molecular complexity index is 451. The second-order valence-electron chi connectivity index (χ2n) is 3.59. The fourth-order valence-corrected chi connectivity index (χ4v) is 1.45. The highest BCUT2D eigenvalue weighted by Gasteiger charge is 2.13. The molecule has 98 valence electrons. The zero-order valence-corrected chi connectivity index (χ0v) is 10.4. The van der Waals surface area contributed by atoms with Crippen LogP contribution >= 0.6 is 11.6 Å². The summed E-state index contributed by atoms with van der Waals surface area (Å²) >= 11 is 5.44. The number of nitro groups is 1. The number of ether oxygens (including phenoxy) is 1. The van der Waals surface area contributed by atoms with E-state index in [4.69, 9.17) is 22.1 Å². The van der Waals surface area contributed by atoms with Gasteiger partial charge >= 0.3 is 5.97 Å². The van der Waals surface area contributed by atoms with Gasteiger partial charge in [0.1, 0.15) is 5.69 Å². The Labute approximate surface area is 109 Å². The van der Waals surface area contributed by atoms with Gasteiger partial charge < -0.3 is 10.5 Å². The first kappa shape index (κ1) is 14.2. The van der Waals surface area contributed by atoms with Crippen LogP contribution in [0.15, 0.2) is 18.2 Å². The number of hydrogen-bond donors (Lipinski definition) is 1. The van der Waals surface area contributed by atoms with Crippen LogP contribution in [0.3, 0.4) is 0 Å². The van der Waals surface area contributed by atoms with Gasteiger partial charge in [-0.1, -0.05) is 6.07 Å². The average Bonchev–Trinajstić information content (AvgIpc) is 2.28. The first-order valence-electron chi connectivity index (χ1n) is 5.29. The number of nitrogen functional groups attached to an aromatic ring is 1. The lowest BCUT2D eigenvalue weighted by Crippen LogP contribution is -2.09. The molecule has 6 nitrogen and oxygen atoms in total. The van der Waals surface area contributed by atoms with E-state index in [2.05, 4.69) is 0 Å². The smallest absolute Gasteiger partial charge is 0.310 e. The van der Waals surface area contributed by atoms with Crippen LogP contribution in [0.1, 0.15) is 12.0 Å². The summed E-state index contributed by atoms with van der Waals surface area (Å²) in [5.74, 6) is 0.0194. The van der Waals surface area contributed by atoms with Gasteiger partial charge in [-0.05, 0) is 18.1 Å². The van der Waals surface area contributed by atoms with E-state index in [0.717, 1.165) is 0 Å². The lowest BCUT2D eigenvalue weighted by Gasteiger charge is -2.04. The molecule has 18 heavy (non-hydrogen) atoms.